The van der Waals surface area contributed by atoms with Gasteiger partial charge >= 0.3 is 0 Å². The number of aromatic nitrogens is 1. The molecule has 1 heterocycles. The highest BCUT2D eigenvalue weighted by Crippen LogP contribution is 2.27. The van der Waals surface area contributed by atoms with Gasteiger partial charge in [-0.05, 0) is 43.9 Å². The summed E-state index contributed by atoms with van der Waals surface area (Å²) in [5, 5.41) is 0. The summed E-state index contributed by atoms with van der Waals surface area (Å²) in [4.78, 5) is 7.38. The van der Waals surface area contributed by atoms with Gasteiger partial charge in [-0.2, -0.15) is 0 Å². The molecule has 1 aliphatic rings. The van der Waals surface area contributed by atoms with Crippen LogP contribution in [0.3, 0.4) is 0 Å². The van der Waals surface area contributed by atoms with Crippen LogP contribution in [0.2, 0.25) is 0 Å². The van der Waals surface area contributed by atoms with Crippen molar-refractivity contribution in [3.05, 3.63) is 23.4 Å². The molecule has 1 aliphatic carbocycles. The number of anilines is 1. The van der Waals surface area contributed by atoms with Crippen LogP contribution in [0.25, 0.3) is 0 Å². The number of halogens is 1. The van der Waals surface area contributed by atoms with Gasteiger partial charge in [-0.25, -0.2) is 4.98 Å². The third-order valence-corrected chi connectivity index (χ3v) is 4.54. The minimum atomic E-state index is 0.578. The van der Waals surface area contributed by atoms with Gasteiger partial charge in [0, 0.05) is 24.2 Å². The van der Waals surface area contributed by atoms with Crippen LogP contribution in [0.4, 0.5) is 5.82 Å². The molecule has 0 radical (unpaired) electrons. The van der Waals surface area contributed by atoms with Crippen molar-refractivity contribution in [3.8, 4) is 0 Å². The number of aryl methyl sites for hydroxylation is 1. The molecule has 1 aromatic heterocycles. The first kappa shape index (κ1) is 15.6. The van der Waals surface area contributed by atoms with Crippen molar-refractivity contribution in [3.63, 3.8) is 0 Å². The van der Waals surface area contributed by atoms with Crippen molar-refractivity contribution in [2.75, 3.05) is 11.4 Å². The Morgan fingerprint density at radius 1 is 1.20 bits per heavy atom. The van der Waals surface area contributed by atoms with Crippen LogP contribution in [-0.4, -0.2) is 17.6 Å². The molecule has 1 saturated carbocycles. The Morgan fingerprint density at radius 3 is 2.55 bits per heavy atom. The molecule has 1 aromatic rings. The second-order valence-corrected chi connectivity index (χ2v) is 6.05. The van der Waals surface area contributed by atoms with Crippen molar-refractivity contribution >= 4 is 17.4 Å². The Labute approximate surface area is 128 Å². The standard InChI is InChI=1S/C17H27ClN2/c1-3-8-15-11-14(13-18)12-17(19-15)20(4-2)16-9-6-5-7-10-16/h11-12,16H,3-10,13H2,1-2H3. The van der Waals surface area contributed by atoms with Crippen molar-refractivity contribution < 1.29 is 0 Å². The maximum absolute atomic E-state index is 6.06. The first-order valence-electron chi connectivity index (χ1n) is 8.11. The lowest BCUT2D eigenvalue weighted by atomic mass is 9.94. The highest BCUT2D eigenvalue weighted by Gasteiger charge is 2.21. The second kappa shape index (κ2) is 7.87. The number of pyridine rings is 1. The van der Waals surface area contributed by atoms with E-state index in [1.165, 1.54) is 43.4 Å². The predicted molar refractivity (Wildman–Crippen MR) is 87.7 cm³/mol. The molecule has 0 N–H and O–H groups in total. The number of rotatable bonds is 6. The first-order valence-corrected chi connectivity index (χ1v) is 8.64. The van der Waals surface area contributed by atoms with Crippen molar-refractivity contribution in [1.82, 2.24) is 4.98 Å². The summed E-state index contributed by atoms with van der Waals surface area (Å²) in [6.45, 7) is 5.48. The molecule has 0 saturated heterocycles. The quantitative estimate of drug-likeness (QED) is 0.691. The van der Waals surface area contributed by atoms with Crippen LogP contribution in [0, 0.1) is 0 Å². The van der Waals surface area contributed by atoms with Gasteiger partial charge in [0.05, 0.1) is 0 Å². The average Bonchev–Trinajstić information content (AvgIpc) is 2.49. The van der Waals surface area contributed by atoms with Gasteiger partial charge in [0.2, 0.25) is 0 Å². The molecule has 0 bridgehead atoms. The Balaban J connectivity index is 2.24. The molecule has 2 rings (SSSR count). The Hall–Kier alpha value is -0.760. The smallest absolute Gasteiger partial charge is 0.129 e. The minimum absolute atomic E-state index is 0.578. The monoisotopic (exact) mass is 294 g/mol. The van der Waals surface area contributed by atoms with Gasteiger partial charge in [0.1, 0.15) is 5.82 Å². The minimum Gasteiger partial charge on any atom is -0.354 e. The fourth-order valence-corrected chi connectivity index (χ4v) is 3.40. The van der Waals surface area contributed by atoms with E-state index in [4.69, 9.17) is 16.6 Å². The maximum Gasteiger partial charge on any atom is 0.129 e. The summed E-state index contributed by atoms with van der Waals surface area (Å²) < 4.78 is 0. The Bertz CT molecular complexity index is 413. The normalized spacial score (nSPS) is 16.4. The molecular formula is C17H27ClN2. The van der Waals surface area contributed by atoms with E-state index in [1.807, 2.05) is 0 Å². The molecule has 2 nitrogen and oxygen atoms in total. The van der Waals surface area contributed by atoms with Crippen LogP contribution < -0.4 is 4.90 Å². The van der Waals surface area contributed by atoms with Crippen molar-refractivity contribution in [1.29, 1.82) is 0 Å². The zero-order valence-electron chi connectivity index (χ0n) is 12.9. The summed E-state index contributed by atoms with van der Waals surface area (Å²) in [6.07, 6.45) is 8.90. The van der Waals surface area contributed by atoms with Gasteiger partial charge in [-0.15, -0.1) is 11.6 Å². The molecule has 3 heteroatoms. The van der Waals surface area contributed by atoms with E-state index in [0.29, 0.717) is 11.9 Å². The number of hydrogen-bond acceptors (Lipinski definition) is 2. The van der Waals surface area contributed by atoms with Crippen LogP contribution >= 0.6 is 11.6 Å². The summed E-state index contributed by atoms with van der Waals surface area (Å²) >= 11 is 6.06. The summed E-state index contributed by atoms with van der Waals surface area (Å²) in [7, 11) is 0. The molecule has 0 aromatic carbocycles. The van der Waals surface area contributed by atoms with Crippen LogP contribution in [0.5, 0.6) is 0 Å². The van der Waals surface area contributed by atoms with Gasteiger partial charge < -0.3 is 4.90 Å². The topological polar surface area (TPSA) is 16.1 Å². The lowest BCUT2D eigenvalue weighted by molar-refractivity contribution is 0.416. The van der Waals surface area contributed by atoms with E-state index < -0.39 is 0 Å². The first-order chi connectivity index (χ1) is 9.78. The molecule has 0 amide bonds. The fraction of sp³-hybridized carbons (Fsp3) is 0.706. The third-order valence-electron chi connectivity index (χ3n) is 4.24. The number of hydrogen-bond donors (Lipinski definition) is 0. The molecule has 0 spiro atoms. The molecule has 0 aliphatic heterocycles. The summed E-state index contributed by atoms with van der Waals surface area (Å²) in [6, 6.07) is 5.01. The lowest BCUT2D eigenvalue weighted by Crippen LogP contribution is -2.37. The van der Waals surface area contributed by atoms with E-state index >= 15 is 0 Å². The zero-order valence-corrected chi connectivity index (χ0v) is 13.6. The molecular weight excluding hydrogens is 268 g/mol. The second-order valence-electron chi connectivity index (χ2n) is 5.79. The third kappa shape index (κ3) is 3.88. The average molecular weight is 295 g/mol. The number of nitrogens with zero attached hydrogens (tertiary/aromatic N) is 2. The molecule has 0 atom stereocenters. The van der Waals surface area contributed by atoms with Crippen molar-refractivity contribution in [2.45, 2.75) is 70.7 Å². The lowest BCUT2D eigenvalue weighted by Gasteiger charge is -2.35. The molecule has 20 heavy (non-hydrogen) atoms. The SMILES string of the molecule is CCCc1cc(CCl)cc(N(CC)C2CCCCC2)n1. The van der Waals surface area contributed by atoms with E-state index in [0.717, 1.165) is 25.2 Å². The molecule has 0 unspecified atom stereocenters. The van der Waals surface area contributed by atoms with E-state index in [9.17, 15) is 0 Å². The number of alkyl halides is 1. The molecule has 1 fully saturated rings. The predicted octanol–water partition coefficient (Wildman–Crippen LogP) is 4.93. The van der Waals surface area contributed by atoms with Gasteiger partial charge in [0.25, 0.3) is 0 Å². The van der Waals surface area contributed by atoms with E-state index in [-0.39, 0.29) is 0 Å². The molecule has 112 valence electrons. The van der Waals surface area contributed by atoms with Crippen molar-refractivity contribution in [2.24, 2.45) is 0 Å². The Kier molecular flexibility index (Phi) is 6.15. The van der Waals surface area contributed by atoms with Gasteiger partial charge in [0.15, 0.2) is 0 Å². The largest absolute Gasteiger partial charge is 0.354 e. The van der Waals surface area contributed by atoms with Crippen LogP contribution in [0.15, 0.2) is 12.1 Å². The Morgan fingerprint density at radius 2 is 1.95 bits per heavy atom. The van der Waals surface area contributed by atoms with E-state index in [1.54, 1.807) is 0 Å². The van der Waals surface area contributed by atoms with Crippen LogP contribution in [0.1, 0.15) is 63.6 Å². The highest BCUT2D eigenvalue weighted by molar-refractivity contribution is 6.17. The summed E-state index contributed by atoms with van der Waals surface area (Å²) in [5.41, 5.74) is 2.39. The van der Waals surface area contributed by atoms with E-state index in [2.05, 4.69) is 30.9 Å². The zero-order chi connectivity index (χ0) is 14.4. The maximum atomic E-state index is 6.06. The highest BCUT2D eigenvalue weighted by atomic mass is 35.5. The fourth-order valence-electron chi connectivity index (χ4n) is 3.24. The van der Waals surface area contributed by atoms with Gasteiger partial charge in [-0.1, -0.05) is 32.6 Å². The summed E-state index contributed by atoms with van der Waals surface area (Å²) in [5.74, 6) is 1.72. The van der Waals surface area contributed by atoms with Gasteiger partial charge in [-0.3, -0.25) is 0 Å². The van der Waals surface area contributed by atoms with Crippen LogP contribution in [-0.2, 0) is 12.3 Å².